The van der Waals surface area contributed by atoms with E-state index < -0.39 is 0 Å². The molecule has 1 aliphatic heterocycles. The van der Waals surface area contributed by atoms with E-state index in [-0.39, 0.29) is 17.5 Å². The van der Waals surface area contributed by atoms with Gasteiger partial charge < -0.3 is 9.42 Å². The molecule has 2 fully saturated rings. The Morgan fingerprint density at radius 2 is 2.04 bits per heavy atom. The Labute approximate surface area is 147 Å². The van der Waals surface area contributed by atoms with Gasteiger partial charge in [-0.3, -0.25) is 9.48 Å². The van der Waals surface area contributed by atoms with Crippen molar-refractivity contribution in [2.75, 3.05) is 6.54 Å². The molecule has 0 radical (unpaired) electrons. The van der Waals surface area contributed by atoms with Gasteiger partial charge >= 0.3 is 0 Å². The normalized spacial score (nSPS) is 21.1. The molecule has 0 aromatic carbocycles. The molecule has 0 bridgehead atoms. The van der Waals surface area contributed by atoms with Crippen molar-refractivity contribution in [2.45, 2.75) is 70.9 Å². The number of aryl methyl sites for hydroxylation is 1. The highest BCUT2D eigenvalue weighted by Gasteiger charge is 2.37. The quantitative estimate of drug-likeness (QED) is 0.855. The molecule has 4 rings (SSSR count). The fourth-order valence-corrected chi connectivity index (χ4v) is 3.58. The van der Waals surface area contributed by atoms with Crippen LogP contribution in [0.5, 0.6) is 0 Å². The summed E-state index contributed by atoms with van der Waals surface area (Å²) >= 11 is 0. The Bertz CT molecular complexity index is 797. The number of nitrogens with zero attached hydrogens (tertiary/aromatic N) is 5. The maximum atomic E-state index is 13.1. The zero-order valence-electron chi connectivity index (χ0n) is 15.3. The van der Waals surface area contributed by atoms with Gasteiger partial charge in [0.15, 0.2) is 11.5 Å². The number of rotatable bonds is 3. The number of carbonyl (C=O) groups is 1. The van der Waals surface area contributed by atoms with E-state index in [0.29, 0.717) is 29.9 Å². The molecule has 2 aliphatic rings. The van der Waals surface area contributed by atoms with Crippen molar-refractivity contribution < 1.29 is 9.32 Å². The van der Waals surface area contributed by atoms with Crippen molar-refractivity contribution in [3.8, 4) is 0 Å². The number of carbonyl (C=O) groups excluding carboxylic acids is 1. The minimum Gasteiger partial charge on any atom is -0.340 e. The van der Waals surface area contributed by atoms with Gasteiger partial charge in [-0.15, -0.1) is 0 Å². The first kappa shape index (κ1) is 16.3. The van der Waals surface area contributed by atoms with Crippen molar-refractivity contribution in [2.24, 2.45) is 0 Å². The summed E-state index contributed by atoms with van der Waals surface area (Å²) in [4.78, 5) is 19.3. The van der Waals surface area contributed by atoms with E-state index in [9.17, 15) is 4.79 Å². The molecule has 7 heteroatoms. The van der Waals surface area contributed by atoms with Crippen molar-refractivity contribution in [3.63, 3.8) is 0 Å². The topological polar surface area (TPSA) is 77.1 Å². The number of hydrogen-bond donors (Lipinski definition) is 0. The predicted molar refractivity (Wildman–Crippen MR) is 91.2 cm³/mol. The molecular weight excluding hydrogens is 318 g/mol. The highest BCUT2D eigenvalue weighted by molar-refractivity contribution is 5.93. The molecule has 1 saturated heterocycles. The van der Waals surface area contributed by atoms with Crippen LogP contribution in [0, 0.1) is 6.92 Å². The summed E-state index contributed by atoms with van der Waals surface area (Å²) in [6, 6.07) is 1.87. The Kier molecular flexibility index (Phi) is 3.70. The first-order valence-corrected chi connectivity index (χ1v) is 9.06. The summed E-state index contributed by atoms with van der Waals surface area (Å²) in [5, 5.41) is 8.70. The van der Waals surface area contributed by atoms with Gasteiger partial charge in [0.25, 0.3) is 5.91 Å². The highest BCUT2D eigenvalue weighted by Crippen LogP contribution is 2.42. The summed E-state index contributed by atoms with van der Waals surface area (Å²) in [7, 11) is 0. The standard InChI is InChI=1S/C18H25N5O2/c1-11-19-16(21-25-11)14-6-5-9-22(14)17(24)13-10-15(12-7-8-12)23(20-13)18(2,3)4/h10,12,14H,5-9H2,1-4H3/t14-/m1/s1. The molecule has 1 amide bonds. The van der Waals surface area contributed by atoms with Crippen LogP contribution in [0.4, 0.5) is 0 Å². The molecule has 134 valence electrons. The summed E-state index contributed by atoms with van der Waals surface area (Å²) in [5.74, 6) is 1.64. The van der Waals surface area contributed by atoms with Crippen molar-refractivity contribution in [3.05, 3.63) is 29.2 Å². The minimum atomic E-state index is -0.133. The maximum Gasteiger partial charge on any atom is 0.274 e. The number of aromatic nitrogens is 4. The van der Waals surface area contributed by atoms with Gasteiger partial charge in [0.1, 0.15) is 0 Å². The molecule has 1 saturated carbocycles. The smallest absolute Gasteiger partial charge is 0.274 e. The van der Waals surface area contributed by atoms with E-state index in [4.69, 9.17) is 4.52 Å². The van der Waals surface area contributed by atoms with Crippen LogP contribution in [-0.2, 0) is 5.54 Å². The molecule has 0 N–H and O–H groups in total. The van der Waals surface area contributed by atoms with E-state index in [2.05, 4.69) is 36.0 Å². The van der Waals surface area contributed by atoms with Gasteiger partial charge in [0.2, 0.25) is 5.89 Å². The molecular formula is C18H25N5O2. The Morgan fingerprint density at radius 3 is 2.64 bits per heavy atom. The second-order valence-electron chi connectivity index (χ2n) is 8.14. The number of amides is 1. The van der Waals surface area contributed by atoms with E-state index in [1.54, 1.807) is 6.92 Å². The zero-order chi connectivity index (χ0) is 17.8. The van der Waals surface area contributed by atoms with Gasteiger partial charge in [-0.05, 0) is 52.5 Å². The molecule has 1 atom stereocenters. The Hall–Kier alpha value is -2.18. The second-order valence-corrected chi connectivity index (χ2v) is 8.14. The molecule has 1 aliphatic carbocycles. The third-order valence-corrected chi connectivity index (χ3v) is 4.94. The lowest BCUT2D eigenvalue weighted by atomic mass is 10.1. The molecule has 0 unspecified atom stereocenters. The van der Waals surface area contributed by atoms with Gasteiger partial charge in [-0.2, -0.15) is 10.1 Å². The number of hydrogen-bond acceptors (Lipinski definition) is 5. The molecule has 2 aromatic heterocycles. The van der Waals surface area contributed by atoms with Crippen LogP contribution in [0.2, 0.25) is 0 Å². The third kappa shape index (κ3) is 2.96. The monoisotopic (exact) mass is 343 g/mol. The third-order valence-electron chi connectivity index (χ3n) is 4.94. The van der Waals surface area contributed by atoms with Crippen LogP contribution in [0.25, 0.3) is 0 Å². The van der Waals surface area contributed by atoms with Gasteiger partial charge in [0, 0.05) is 25.1 Å². The summed E-state index contributed by atoms with van der Waals surface area (Å²) in [6.07, 6.45) is 4.17. The molecule has 3 heterocycles. The summed E-state index contributed by atoms with van der Waals surface area (Å²) < 4.78 is 7.13. The second kappa shape index (κ2) is 5.68. The molecule has 2 aromatic rings. The summed E-state index contributed by atoms with van der Waals surface area (Å²) in [5.41, 5.74) is 1.58. The van der Waals surface area contributed by atoms with E-state index in [0.717, 1.165) is 12.8 Å². The lowest BCUT2D eigenvalue weighted by Crippen LogP contribution is -2.32. The SMILES string of the molecule is Cc1nc([C@H]2CCCN2C(=O)c2cc(C3CC3)n(C(C)(C)C)n2)no1. The van der Waals surface area contributed by atoms with Crippen LogP contribution in [0.3, 0.4) is 0 Å². The van der Waals surface area contributed by atoms with E-state index in [1.165, 1.54) is 18.5 Å². The first-order valence-electron chi connectivity index (χ1n) is 9.06. The largest absolute Gasteiger partial charge is 0.340 e. The van der Waals surface area contributed by atoms with E-state index in [1.807, 2.05) is 15.6 Å². The molecule has 0 spiro atoms. The predicted octanol–water partition coefficient (Wildman–Crippen LogP) is 3.18. The van der Waals surface area contributed by atoms with Crippen LogP contribution in [0.1, 0.15) is 86.3 Å². The summed E-state index contributed by atoms with van der Waals surface area (Å²) in [6.45, 7) is 8.85. The number of likely N-dealkylation sites (tertiary alicyclic amines) is 1. The zero-order valence-corrected chi connectivity index (χ0v) is 15.3. The maximum absolute atomic E-state index is 13.1. The Morgan fingerprint density at radius 1 is 1.28 bits per heavy atom. The average molecular weight is 343 g/mol. The fourth-order valence-electron chi connectivity index (χ4n) is 3.58. The Balaban J connectivity index is 1.64. The van der Waals surface area contributed by atoms with Crippen molar-refractivity contribution in [1.82, 2.24) is 24.8 Å². The average Bonchev–Trinajstić information content (AvgIpc) is 2.99. The minimum absolute atomic E-state index is 0.0325. The van der Waals surface area contributed by atoms with Gasteiger partial charge in [-0.25, -0.2) is 0 Å². The van der Waals surface area contributed by atoms with Crippen molar-refractivity contribution >= 4 is 5.91 Å². The first-order chi connectivity index (χ1) is 11.8. The van der Waals surface area contributed by atoms with Crippen LogP contribution in [-0.4, -0.2) is 37.3 Å². The highest BCUT2D eigenvalue weighted by atomic mass is 16.5. The molecule has 7 nitrogen and oxygen atoms in total. The lowest BCUT2D eigenvalue weighted by molar-refractivity contribution is 0.0720. The van der Waals surface area contributed by atoms with Gasteiger partial charge in [0.05, 0.1) is 11.6 Å². The van der Waals surface area contributed by atoms with Gasteiger partial charge in [-0.1, -0.05) is 5.16 Å². The van der Waals surface area contributed by atoms with Crippen molar-refractivity contribution in [1.29, 1.82) is 0 Å². The fraction of sp³-hybridized carbons (Fsp3) is 0.667. The van der Waals surface area contributed by atoms with E-state index >= 15 is 0 Å². The van der Waals surface area contributed by atoms with Crippen LogP contribution in [0.15, 0.2) is 10.6 Å². The lowest BCUT2D eigenvalue weighted by Gasteiger charge is -2.23. The van der Waals surface area contributed by atoms with Crippen LogP contribution < -0.4 is 0 Å². The molecule has 25 heavy (non-hydrogen) atoms. The van der Waals surface area contributed by atoms with Crippen LogP contribution >= 0.6 is 0 Å².